The van der Waals surface area contributed by atoms with Gasteiger partial charge >= 0.3 is 0 Å². The number of hydrogen-bond donors (Lipinski definition) is 1. The molecule has 1 aliphatic heterocycles. The molecule has 7 heteroatoms. The third-order valence-electron chi connectivity index (χ3n) is 3.84. The smallest absolute Gasteiger partial charge is 0.114 e. The molecule has 114 valence electrons. The minimum atomic E-state index is 0.605. The number of likely N-dealkylation sites (tertiary alicyclic amines) is 1. The van der Waals surface area contributed by atoms with E-state index in [0.29, 0.717) is 12.6 Å². The Labute approximate surface area is 129 Å². The second-order valence-electron chi connectivity index (χ2n) is 5.75. The van der Waals surface area contributed by atoms with Crippen molar-refractivity contribution < 1.29 is 0 Å². The average Bonchev–Trinajstić information content (AvgIpc) is 3.08. The van der Waals surface area contributed by atoms with Gasteiger partial charge in [0, 0.05) is 23.7 Å². The van der Waals surface area contributed by atoms with Gasteiger partial charge in [0.2, 0.25) is 0 Å². The summed E-state index contributed by atoms with van der Waals surface area (Å²) >= 11 is 1.67. The molecule has 0 saturated carbocycles. The summed E-state index contributed by atoms with van der Waals surface area (Å²) in [7, 11) is 2.18. The van der Waals surface area contributed by atoms with Gasteiger partial charge in [-0.05, 0) is 39.9 Å². The van der Waals surface area contributed by atoms with Crippen LogP contribution in [0.1, 0.15) is 29.2 Å². The van der Waals surface area contributed by atoms with Crippen molar-refractivity contribution in [3.63, 3.8) is 0 Å². The van der Waals surface area contributed by atoms with Gasteiger partial charge in [0.05, 0.1) is 18.4 Å². The van der Waals surface area contributed by atoms with Crippen molar-refractivity contribution in [2.45, 2.75) is 38.9 Å². The molecule has 0 aromatic carbocycles. The molecule has 3 rings (SSSR count). The molecule has 0 atom stereocenters. The Morgan fingerprint density at radius 2 is 2.19 bits per heavy atom. The van der Waals surface area contributed by atoms with E-state index in [0.717, 1.165) is 22.9 Å². The molecule has 3 heterocycles. The van der Waals surface area contributed by atoms with Gasteiger partial charge in [-0.25, -0.2) is 9.67 Å². The quantitative estimate of drug-likeness (QED) is 0.901. The van der Waals surface area contributed by atoms with Crippen molar-refractivity contribution in [1.29, 1.82) is 0 Å². The predicted molar refractivity (Wildman–Crippen MR) is 83.3 cm³/mol. The lowest BCUT2D eigenvalue weighted by atomic mass is 10.1. The van der Waals surface area contributed by atoms with Gasteiger partial charge in [-0.2, -0.15) is 0 Å². The zero-order valence-electron chi connectivity index (χ0n) is 12.6. The lowest BCUT2D eigenvalue weighted by Gasteiger charge is -2.29. The molecule has 21 heavy (non-hydrogen) atoms. The van der Waals surface area contributed by atoms with E-state index in [-0.39, 0.29) is 0 Å². The number of aromatic nitrogens is 4. The highest BCUT2D eigenvalue weighted by Gasteiger charge is 2.16. The summed E-state index contributed by atoms with van der Waals surface area (Å²) in [5.41, 5.74) is 2.07. The van der Waals surface area contributed by atoms with Crippen LogP contribution in [0.15, 0.2) is 11.6 Å². The average molecular weight is 306 g/mol. The van der Waals surface area contributed by atoms with Crippen molar-refractivity contribution in [2.24, 2.45) is 0 Å². The van der Waals surface area contributed by atoms with Crippen molar-refractivity contribution >= 4 is 11.3 Å². The normalized spacial score (nSPS) is 17.4. The molecule has 2 aromatic heterocycles. The summed E-state index contributed by atoms with van der Waals surface area (Å²) in [5, 5.41) is 15.1. The first-order valence-corrected chi connectivity index (χ1v) is 8.29. The molecule has 6 nitrogen and oxygen atoms in total. The molecular formula is C14H22N6S. The van der Waals surface area contributed by atoms with Crippen LogP contribution < -0.4 is 5.32 Å². The highest BCUT2D eigenvalue weighted by Crippen LogP contribution is 2.11. The molecule has 1 saturated heterocycles. The monoisotopic (exact) mass is 306 g/mol. The van der Waals surface area contributed by atoms with Crippen LogP contribution in [0.2, 0.25) is 0 Å². The molecule has 0 amide bonds. The van der Waals surface area contributed by atoms with E-state index in [1.165, 1.54) is 25.9 Å². The van der Waals surface area contributed by atoms with Gasteiger partial charge in [-0.1, -0.05) is 5.21 Å². The maximum absolute atomic E-state index is 4.45. The van der Waals surface area contributed by atoms with Crippen LogP contribution in [-0.2, 0) is 13.1 Å². The van der Waals surface area contributed by atoms with Gasteiger partial charge in [0.25, 0.3) is 0 Å². The Hall–Kier alpha value is -1.31. The van der Waals surface area contributed by atoms with E-state index >= 15 is 0 Å². The second-order valence-corrected chi connectivity index (χ2v) is 6.69. The Morgan fingerprint density at radius 1 is 1.38 bits per heavy atom. The van der Waals surface area contributed by atoms with Crippen molar-refractivity contribution in [2.75, 3.05) is 20.1 Å². The Bertz CT molecular complexity index is 570. The van der Waals surface area contributed by atoms with Gasteiger partial charge < -0.3 is 10.2 Å². The fourth-order valence-corrected chi connectivity index (χ4v) is 3.34. The fraction of sp³-hybridized carbons (Fsp3) is 0.643. The van der Waals surface area contributed by atoms with E-state index in [2.05, 4.69) is 37.9 Å². The van der Waals surface area contributed by atoms with Crippen LogP contribution >= 0.6 is 11.3 Å². The van der Waals surface area contributed by atoms with Crippen molar-refractivity contribution in [1.82, 2.24) is 30.2 Å². The number of aryl methyl sites for hydroxylation is 1. The summed E-state index contributed by atoms with van der Waals surface area (Å²) < 4.78 is 1.87. The highest BCUT2D eigenvalue weighted by atomic mass is 32.1. The van der Waals surface area contributed by atoms with Gasteiger partial charge in [-0.3, -0.25) is 0 Å². The van der Waals surface area contributed by atoms with E-state index in [4.69, 9.17) is 0 Å². The molecule has 1 aliphatic rings. The summed E-state index contributed by atoms with van der Waals surface area (Å²) in [6, 6.07) is 0.605. The van der Waals surface area contributed by atoms with Crippen LogP contribution in [0.4, 0.5) is 0 Å². The Balaban J connectivity index is 1.48. The number of nitrogens with zero attached hydrogens (tertiary/aromatic N) is 5. The highest BCUT2D eigenvalue weighted by molar-refractivity contribution is 7.09. The number of thiazole rings is 1. The molecular weight excluding hydrogens is 284 g/mol. The summed E-state index contributed by atoms with van der Waals surface area (Å²) in [6.45, 7) is 5.87. The number of nitrogens with one attached hydrogen (secondary N) is 1. The standard InChI is InChI=1S/C14H22N6S/c1-11-10-21-14(16-11)9-20-8-13(17-18-20)7-15-12-3-5-19(2)6-4-12/h8,10,12,15H,3-7,9H2,1-2H3. The van der Waals surface area contributed by atoms with Crippen molar-refractivity contribution in [3.05, 3.63) is 28.0 Å². The lowest BCUT2D eigenvalue weighted by molar-refractivity contribution is 0.233. The number of hydrogen-bond acceptors (Lipinski definition) is 6. The molecule has 0 bridgehead atoms. The molecule has 2 aromatic rings. The first kappa shape index (κ1) is 14.6. The van der Waals surface area contributed by atoms with E-state index < -0.39 is 0 Å². The van der Waals surface area contributed by atoms with Crippen molar-refractivity contribution in [3.8, 4) is 0 Å². The van der Waals surface area contributed by atoms with Gasteiger partial charge in [0.15, 0.2) is 0 Å². The summed E-state index contributed by atoms with van der Waals surface area (Å²) in [5.74, 6) is 0. The molecule has 0 aliphatic carbocycles. The third-order valence-corrected chi connectivity index (χ3v) is 4.79. The van der Waals surface area contributed by atoms with Crippen LogP contribution in [-0.4, -0.2) is 51.1 Å². The number of rotatable bonds is 5. The number of piperidine rings is 1. The maximum atomic E-state index is 4.45. The molecule has 1 N–H and O–H groups in total. The van der Waals surface area contributed by atoms with Crippen LogP contribution in [0.25, 0.3) is 0 Å². The Morgan fingerprint density at radius 3 is 2.90 bits per heavy atom. The fourth-order valence-electron chi connectivity index (χ4n) is 2.57. The minimum absolute atomic E-state index is 0.605. The SMILES string of the molecule is Cc1csc(Cn2cc(CNC3CCN(C)CC3)nn2)n1. The predicted octanol–water partition coefficient (Wildman–Crippen LogP) is 1.28. The van der Waals surface area contributed by atoms with Crippen LogP contribution in [0, 0.1) is 6.92 Å². The molecule has 0 spiro atoms. The van der Waals surface area contributed by atoms with E-state index in [9.17, 15) is 0 Å². The van der Waals surface area contributed by atoms with E-state index in [1.807, 2.05) is 17.8 Å². The second kappa shape index (κ2) is 6.64. The Kier molecular flexibility index (Phi) is 4.62. The molecule has 0 radical (unpaired) electrons. The van der Waals surface area contributed by atoms with Gasteiger partial charge in [-0.15, -0.1) is 16.4 Å². The molecule has 1 fully saturated rings. The lowest BCUT2D eigenvalue weighted by Crippen LogP contribution is -2.40. The third kappa shape index (κ3) is 4.09. The minimum Gasteiger partial charge on any atom is -0.308 e. The topological polar surface area (TPSA) is 58.9 Å². The zero-order valence-corrected chi connectivity index (χ0v) is 13.4. The zero-order chi connectivity index (χ0) is 14.7. The first-order valence-electron chi connectivity index (χ1n) is 7.41. The first-order chi connectivity index (χ1) is 10.2. The molecule has 0 unspecified atom stereocenters. The maximum Gasteiger partial charge on any atom is 0.114 e. The summed E-state index contributed by atoms with van der Waals surface area (Å²) in [4.78, 5) is 6.83. The van der Waals surface area contributed by atoms with Crippen LogP contribution in [0.5, 0.6) is 0 Å². The van der Waals surface area contributed by atoms with Gasteiger partial charge in [0.1, 0.15) is 5.01 Å². The summed E-state index contributed by atoms with van der Waals surface area (Å²) in [6.07, 6.45) is 4.44. The van der Waals surface area contributed by atoms with E-state index in [1.54, 1.807) is 11.3 Å². The largest absolute Gasteiger partial charge is 0.308 e. The van der Waals surface area contributed by atoms with Crippen LogP contribution in [0.3, 0.4) is 0 Å².